The number of carbonyl (C=O) groups excluding carboxylic acids is 1. The summed E-state index contributed by atoms with van der Waals surface area (Å²) in [4.78, 5) is 22.2. The number of ether oxygens (including phenoxy) is 1. The predicted molar refractivity (Wildman–Crippen MR) is 129 cm³/mol. The van der Waals surface area contributed by atoms with Crippen LogP contribution in [0.4, 0.5) is 0 Å². The first-order chi connectivity index (χ1) is 15.2. The molecule has 0 heterocycles. The summed E-state index contributed by atoms with van der Waals surface area (Å²) < 4.78 is 11.5. The molecule has 0 aliphatic carbocycles. The van der Waals surface area contributed by atoms with Gasteiger partial charge in [0.25, 0.3) is 8.32 Å². The van der Waals surface area contributed by atoms with Crippen LogP contribution in [0.25, 0.3) is 0 Å². The van der Waals surface area contributed by atoms with E-state index in [0.29, 0.717) is 13.0 Å². The van der Waals surface area contributed by atoms with E-state index in [1.54, 1.807) is 0 Å². The molecule has 6 nitrogen and oxygen atoms in total. The van der Waals surface area contributed by atoms with Gasteiger partial charge < -0.3 is 9.16 Å². The Bertz CT molecular complexity index is 812. The average molecular weight is 458 g/mol. The Balaban J connectivity index is 2.14. The van der Waals surface area contributed by atoms with Crippen molar-refractivity contribution in [1.82, 2.24) is 0 Å². The van der Waals surface area contributed by atoms with Crippen molar-refractivity contribution < 1.29 is 18.9 Å². The summed E-state index contributed by atoms with van der Waals surface area (Å²) >= 11 is 0. The summed E-state index contributed by atoms with van der Waals surface area (Å²) in [5, 5.41) is 13.3. The molecule has 0 saturated carbocycles. The van der Waals surface area contributed by atoms with Crippen LogP contribution in [0.1, 0.15) is 46.5 Å². The number of hydrogen-bond donors (Lipinski definition) is 0. The number of rotatable bonds is 12. The smallest absolute Gasteiger partial charge is 0.306 e. The number of nitrogens with zero attached hydrogens (tertiary/aromatic N) is 1. The van der Waals surface area contributed by atoms with Gasteiger partial charge in [-0.1, -0.05) is 87.9 Å². The summed E-state index contributed by atoms with van der Waals surface area (Å²) in [6.45, 7) is 7.06. The third-order valence-electron chi connectivity index (χ3n) is 5.83. The molecule has 2 aromatic carbocycles. The summed E-state index contributed by atoms with van der Waals surface area (Å²) in [7, 11) is -1.26. The highest BCUT2D eigenvalue weighted by atomic mass is 28.4. The van der Waals surface area contributed by atoms with Crippen LogP contribution in [0, 0.1) is 16.0 Å². The van der Waals surface area contributed by atoms with E-state index >= 15 is 0 Å². The van der Waals surface area contributed by atoms with Crippen molar-refractivity contribution in [1.29, 1.82) is 0 Å². The minimum absolute atomic E-state index is 0.0764. The van der Waals surface area contributed by atoms with Crippen molar-refractivity contribution in [3.8, 4) is 0 Å². The van der Waals surface area contributed by atoms with E-state index in [1.165, 1.54) is 17.5 Å². The van der Waals surface area contributed by atoms with Gasteiger partial charge >= 0.3 is 5.97 Å². The van der Waals surface area contributed by atoms with Crippen LogP contribution in [0.5, 0.6) is 0 Å². The average Bonchev–Trinajstić information content (AvgIpc) is 2.76. The molecule has 174 valence electrons. The molecule has 0 aliphatic rings. The molecule has 0 saturated heterocycles. The third-order valence-corrected chi connectivity index (χ3v) is 10.9. The van der Waals surface area contributed by atoms with E-state index in [0.717, 1.165) is 12.8 Å². The molecule has 0 amide bonds. The van der Waals surface area contributed by atoms with Crippen molar-refractivity contribution in [2.24, 2.45) is 5.92 Å². The molecule has 0 radical (unpaired) electrons. The predicted octanol–water partition coefficient (Wildman–Crippen LogP) is 4.19. The van der Waals surface area contributed by atoms with E-state index in [-0.39, 0.29) is 28.8 Å². The minimum Gasteiger partial charge on any atom is -0.469 e. The molecule has 0 bridgehead atoms. The Hall–Kier alpha value is -2.51. The summed E-state index contributed by atoms with van der Waals surface area (Å²) in [5.74, 6) is -0.717. The fraction of sp³-hybridized carbons (Fsp3) is 0.480. The third kappa shape index (κ3) is 6.74. The van der Waals surface area contributed by atoms with Gasteiger partial charge in [0.2, 0.25) is 6.54 Å². The van der Waals surface area contributed by atoms with Crippen LogP contribution >= 0.6 is 0 Å². The molecule has 32 heavy (non-hydrogen) atoms. The SMILES string of the molecule is COC(=O)CC(CCCCO[Si](c1ccccc1)(c1ccccc1)C(C)(C)C)C[N+](=O)[O-]. The van der Waals surface area contributed by atoms with E-state index in [4.69, 9.17) is 4.43 Å². The van der Waals surface area contributed by atoms with E-state index in [9.17, 15) is 14.9 Å². The first-order valence-corrected chi connectivity index (χ1v) is 13.0. The van der Waals surface area contributed by atoms with Gasteiger partial charge in [-0.25, -0.2) is 0 Å². The maximum Gasteiger partial charge on any atom is 0.306 e. The molecule has 2 rings (SSSR count). The van der Waals surface area contributed by atoms with Gasteiger partial charge in [0.05, 0.1) is 13.5 Å². The van der Waals surface area contributed by atoms with Crippen LogP contribution in [0.2, 0.25) is 5.04 Å². The Labute approximate surface area is 192 Å². The zero-order valence-corrected chi connectivity index (χ0v) is 20.6. The van der Waals surface area contributed by atoms with Crippen LogP contribution in [0.3, 0.4) is 0 Å². The second kappa shape index (κ2) is 11.9. The maximum atomic E-state index is 11.6. The lowest BCUT2D eigenvalue weighted by molar-refractivity contribution is -0.488. The first-order valence-electron chi connectivity index (χ1n) is 11.1. The second-order valence-electron chi connectivity index (χ2n) is 9.17. The molecular weight excluding hydrogens is 422 g/mol. The molecule has 7 heteroatoms. The van der Waals surface area contributed by atoms with Crippen molar-refractivity contribution in [3.63, 3.8) is 0 Å². The lowest BCUT2D eigenvalue weighted by Crippen LogP contribution is -2.66. The molecule has 0 aliphatic heterocycles. The highest BCUT2D eigenvalue weighted by Crippen LogP contribution is 2.36. The van der Waals surface area contributed by atoms with Crippen molar-refractivity contribution >= 4 is 24.7 Å². The highest BCUT2D eigenvalue weighted by molar-refractivity contribution is 6.99. The Kier molecular flexibility index (Phi) is 9.59. The molecule has 0 N–H and O–H groups in total. The first kappa shape index (κ1) is 25.7. The Morgan fingerprint density at radius 1 is 1.00 bits per heavy atom. The highest BCUT2D eigenvalue weighted by Gasteiger charge is 2.49. The van der Waals surface area contributed by atoms with E-state index in [2.05, 4.69) is 74.0 Å². The van der Waals surface area contributed by atoms with Gasteiger partial charge in [-0.05, 0) is 28.3 Å². The van der Waals surface area contributed by atoms with Crippen molar-refractivity contribution in [2.45, 2.75) is 51.5 Å². The molecule has 1 atom stereocenters. The van der Waals surface area contributed by atoms with E-state index in [1.807, 2.05) is 12.1 Å². The zero-order valence-electron chi connectivity index (χ0n) is 19.6. The van der Waals surface area contributed by atoms with Crippen molar-refractivity contribution in [2.75, 3.05) is 20.3 Å². The summed E-state index contributed by atoms with van der Waals surface area (Å²) in [6, 6.07) is 20.9. The second-order valence-corrected chi connectivity index (χ2v) is 13.5. The number of unbranched alkanes of at least 4 members (excludes halogenated alkanes) is 1. The standard InChI is InChI=1S/C25H35NO5Si/c1-25(2,3)32(22-14-7-5-8-15-22,23-16-9-6-10-17-23)31-18-12-11-13-21(20-26(28)29)19-24(27)30-4/h5-10,14-17,21H,11-13,18-20H2,1-4H3. The topological polar surface area (TPSA) is 78.7 Å². The monoisotopic (exact) mass is 457 g/mol. The van der Waals surface area contributed by atoms with Gasteiger partial charge in [0.1, 0.15) is 0 Å². The lowest BCUT2D eigenvalue weighted by atomic mass is 9.98. The Morgan fingerprint density at radius 3 is 1.97 bits per heavy atom. The van der Waals surface area contributed by atoms with Gasteiger partial charge in [-0.3, -0.25) is 14.9 Å². The Morgan fingerprint density at radius 2 is 1.53 bits per heavy atom. The minimum atomic E-state index is -2.57. The van der Waals surface area contributed by atoms with E-state index < -0.39 is 14.3 Å². The van der Waals surface area contributed by atoms with Gasteiger partial charge in [0.15, 0.2) is 0 Å². The summed E-state index contributed by atoms with van der Waals surface area (Å²) in [5.41, 5.74) is 0. The van der Waals surface area contributed by atoms with Gasteiger partial charge in [-0.2, -0.15) is 0 Å². The van der Waals surface area contributed by atoms with Gasteiger partial charge in [0, 0.05) is 17.4 Å². The zero-order chi connectivity index (χ0) is 23.6. The molecular formula is C25H35NO5Si. The largest absolute Gasteiger partial charge is 0.469 e. The molecule has 1 unspecified atom stereocenters. The van der Waals surface area contributed by atoms with Gasteiger partial charge in [-0.15, -0.1) is 0 Å². The number of methoxy groups -OCH3 is 1. The van der Waals surface area contributed by atoms with Crippen LogP contribution < -0.4 is 10.4 Å². The molecule has 0 aromatic heterocycles. The molecule has 0 spiro atoms. The number of benzene rings is 2. The van der Waals surface area contributed by atoms with Crippen molar-refractivity contribution in [3.05, 3.63) is 70.8 Å². The number of nitro groups is 1. The molecule has 0 fully saturated rings. The normalized spacial score (nSPS) is 12.9. The number of hydrogen-bond acceptors (Lipinski definition) is 5. The molecule has 2 aromatic rings. The fourth-order valence-electron chi connectivity index (χ4n) is 4.31. The number of esters is 1. The maximum absolute atomic E-state index is 11.6. The summed E-state index contributed by atoms with van der Waals surface area (Å²) in [6.07, 6.45) is 2.21. The quantitative estimate of drug-likeness (QED) is 0.157. The number of carbonyl (C=O) groups is 1. The fourth-order valence-corrected chi connectivity index (χ4v) is 8.92. The van der Waals surface area contributed by atoms with Crippen LogP contribution in [0.15, 0.2) is 60.7 Å². The van der Waals surface area contributed by atoms with Crippen LogP contribution in [-0.2, 0) is 14.0 Å². The lowest BCUT2D eigenvalue weighted by Gasteiger charge is -2.43. The van der Waals surface area contributed by atoms with Crippen LogP contribution in [-0.4, -0.2) is 39.5 Å².